The molecule has 0 radical (unpaired) electrons. The summed E-state index contributed by atoms with van der Waals surface area (Å²) in [5.74, 6) is -2.30. The molecule has 1 heterocycles. The molecule has 1 aliphatic heterocycles. The number of nitrogens with one attached hydrogen (secondary N) is 2. The summed E-state index contributed by atoms with van der Waals surface area (Å²) in [6, 6.07) is 8.21. The number of benzene rings is 2. The predicted molar refractivity (Wildman–Crippen MR) is 163 cm³/mol. The molecule has 0 bridgehead atoms. The van der Waals surface area contributed by atoms with Crippen LogP contribution in [0.4, 0.5) is 5.69 Å². The Bertz CT molecular complexity index is 1260. The number of imide groups is 1. The summed E-state index contributed by atoms with van der Waals surface area (Å²) >= 11 is 0. The summed E-state index contributed by atoms with van der Waals surface area (Å²) in [6.45, 7) is 4.01. The topological polar surface area (TPSA) is 151 Å². The third-order valence-electron chi connectivity index (χ3n) is 7.24. The SMILES string of the molecule is CCCCCC(=O)N[C@H](CCNC(=O)[C@H](C)CCN1C(=O)c2cccc3c(N(C)C)ccc(c23)C1=O)C(=O)OC.CN. The summed E-state index contributed by atoms with van der Waals surface area (Å²) < 4.78 is 4.80. The largest absolute Gasteiger partial charge is 0.467 e. The number of carbonyl (C=O) groups excluding carboxylic acids is 5. The third-order valence-corrected chi connectivity index (χ3v) is 7.24. The minimum atomic E-state index is -0.853. The summed E-state index contributed by atoms with van der Waals surface area (Å²) in [5.41, 5.74) is 6.36. The quantitative estimate of drug-likeness (QED) is 0.175. The standard InChI is InChI=1S/C30H40N4O6.CH5N/c1-6-7-8-12-25(35)32-23(30(39)40-5)15-17-31-27(36)19(2)16-18-34-28(37)21-11-9-10-20-24(33(3)4)14-13-22(26(20)21)29(34)38;1-2/h9-11,13-14,19,23H,6-8,12,15-18H2,1-5H3,(H,31,36)(H,32,35);2H2,1H3/t19-,23-;/m1./s1. The first-order valence-corrected chi connectivity index (χ1v) is 14.4. The maximum atomic E-state index is 13.3. The molecule has 42 heavy (non-hydrogen) atoms. The van der Waals surface area contributed by atoms with E-state index in [4.69, 9.17) is 4.74 Å². The number of nitrogens with zero attached hydrogens (tertiary/aromatic N) is 2. The van der Waals surface area contributed by atoms with Crippen molar-refractivity contribution < 1.29 is 28.7 Å². The molecule has 2 aromatic carbocycles. The van der Waals surface area contributed by atoms with E-state index in [0.717, 1.165) is 30.3 Å². The van der Waals surface area contributed by atoms with Gasteiger partial charge in [-0.1, -0.05) is 38.8 Å². The van der Waals surface area contributed by atoms with E-state index < -0.39 is 17.9 Å². The molecule has 1 aliphatic rings. The van der Waals surface area contributed by atoms with Crippen LogP contribution >= 0.6 is 0 Å². The van der Waals surface area contributed by atoms with E-state index in [-0.39, 0.29) is 49.6 Å². The second kappa shape index (κ2) is 16.5. The zero-order valence-corrected chi connectivity index (χ0v) is 25.6. The molecule has 0 unspecified atom stereocenters. The van der Waals surface area contributed by atoms with Crippen LogP contribution in [-0.2, 0) is 19.1 Å². The number of rotatable bonds is 14. The fraction of sp³-hybridized carbons (Fsp3) is 0.516. The minimum absolute atomic E-state index is 0.0934. The van der Waals surface area contributed by atoms with Gasteiger partial charge in [-0.15, -0.1) is 0 Å². The van der Waals surface area contributed by atoms with Crippen molar-refractivity contribution in [1.82, 2.24) is 15.5 Å². The number of esters is 1. The Morgan fingerprint density at radius 1 is 1.00 bits per heavy atom. The lowest BCUT2D eigenvalue weighted by Crippen LogP contribution is -2.44. The number of carbonyl (C=O) groups is 5. The number of methoxy groups -OCH3 is 1. The molecule has 3 rings (SSSR count). The Labute approximate surface area is 248 Å². The van der Waals surface area contributed by atoms with Gasteiger partial charge in [0.1, 0.15) is 6.04 Å². The smallest absolute Gasteiger partial charge is 0.328 e. The highest BCUT2D eigenvalue weighted by Crippen LogP contribution is 2.35. The van der Waals surface area contributed by atoms with Gasteiger partial charge < -0.3 is 26.0 Å². The highest BCUT2D eigenvalue weighted by Gasteiger charge is 2.34. The average molecular weight is 584 g/mol. The van der Waals surface area contributed by atoms with Gasteiger partial charge in [-0.2, -0.15) is 0 Å². The summed E-state index contributed by atoms with van der Waals surface area (Å²) in [6.07, 6.45) is 3.44. The molecule has 11 heteroatoms. The molecule has 230 valence electrons. The van der Waals surface area contributed by atoms with Gasteiger partial charge in [0.05, 0.1) is 7.11 Å². The number of hydrogen-bond acceptors (Lipinski definition) is 8. The molecule has 0 saturated heterocycles. The van der Waals surface area contributed by atoms with Crippen molar-refractivity contribution in [3.05, 3.63) is 41.5 Å². The van der Waals surface area contributed by atoms with E-state index in [0.29, 0.717) is 22.9 Å². The summed E-state index contributed by atoms with van der Waals surface area (Å²) in [5, 5.41) is 6.97. The van der Waals surface area contributed by atoms with Crippen LogP contribution in [0.3, 0.4) is 0 Å². The van der Waals surface area contributed by atoms with E-state index in [1.54, 1.807) is 19.1 Å². The molecule has 4 N–H and O–H groups in total. The van der Waals surface area contributed by atoms with E-state index in [2.05, 4.69) is 16.4 Å². The van der Waals surface area contributed by atoms with Crippen molar-refractivity contribution in [3.63, 3.8) is 0 Å². The van der Waals surface area contributed by atoms with Crippen molar-refractivity contribution in [2.45, 2.75) is 58.4 Å². The molecule has 0 aliphatic carbocycles. The van der Waals surface area contributed by atoms with Crippen LogP contribution in [0.15, 0.2) is 30.3 Å². The lowest BCUT2D eigenvalue weighted by atomic mass is 9.92. The number of ether oxygens (including phenoxy) is 1. The molecule has 0 aromatic heterocycles. The van der Waals surface area contributed by atoms with Crippen LogP contribution in [0.1, 0.15) is 73.1 Å². The van der Waals surface area contributed by atoms with Crippen LogP contribution in [0.2, 0.25) is 0 Å². The first-order chi connectivity index (χ1) is 20.1. The van der Waals surface area contributed by atoms with Gasteiger partial charge in [-0.3, -0.25) is 24.1 Å². The molecule has 0 spiro atoms. The molecule has 2 aromatic rings. The Kier molecular flexibility index (Phi) is 13.4. The van der Waals surface area contributed by atoms with Gasteiger partial charge in [-0.05, 0) is 44.5 Å². The van der Waals surface area contributed by atoms with E-state index >= 15 is 0 Å². The zero-order valence-electron chi connectivity index (χ0n) is 25.6. The van der Waals surface area contributed by atoms with Crippen molar-refractivity contribution in [2.75, 3.05) is 46.2 Å². The minimum Gasteiger partial charge on any atom is -0.467 e. The van der Waals surface area contributed by atoms with Crippen molar-refractivity contribution >= 4 is 46.1 Å². The van der Waals surface area contributed by atoms with Gasteiger partial charge >= 0.3 is 5.97 Å². The fourth-order valence-electron chi connectivity index (χ4n) is 4.88. The number of amides is 4. The molecule has 2 atom stereocenters. The third kappa shape index (κ3) is 8.28. The van der Waals surface area contributed by atoms with Crippen molar-refractivity contribution in [1.29, 1.82) is 0 Å². The van der Waals surface area contributed by atoms with Gasteiger partial charge in [-0.25, -0.2) is 4.79 Å². The van der Waals surface area contributed by atoms with Gasteiger partial charge in [0.2, 0.25) is 11.8 Å². The van der Waals surface area contributed by atoms with Gasteiger partial charge in [0.15, 0.2) is 0 Å². The maximum Gasteiger partial charge on any atom is 0.328 e. The van der Waals surface area contributed by atoms with Crippen LogP contribution in [0.5, 0.6) is 0 Å². The molecule has 0 saturated carbocycles. The van der Waals surface area contributed by atoms with E-state index in [1.807, 2.05) is 44.1 Å². The van der Waals surface area contributed by atoms with E-state index in [9.17, 15) is 24.0 Å². The van der Waals surface area contributed by atoms with Gasteiger partial charge in [0, 0.05) is 67.1 Å². The van der Waals surface area contributed by atoms with Crippen molar-refractivity contribution in [2.24, 2.45) is 11.7 Å². The molecular formula is C31H45N5O6. The maximum absolute atomic E-state index is 13.3. The number of hydrogen-bond donors (Lipinski definition) is 3. The molecular weight excluding hydrogens is 538 g/mol. The normalized spacial score (nSPS) is 13.5. The zero-order chi connectivity index (χ0) is 31.4. The second-order valence-corrected chi connectivity index (χ2v) is 10.4. The van der Waals surface area contributed by atoms with Crippen LogP contribution in [-0.4, -0.2) is 81.9 Å². The fourth-order valence-corrected chi connectivity index (χ4v) is 4.88. The Morgan fingerprint density at radius 2 is 1.67 bits per heavy atom. The monoisotopic (exact) mass is 583 g/mol. The molecule has 0 fully saturated rings. The summed E-state index contributed by atoms with van der Waals surface area (Å²) in [7, 11) is 6.58. The second-order valence-electron chi connectivity index (χ2n) is 10.4. The summed E-state index contributed by atoms with van der Waals surface area (Å²) in [4.78, 5) is 66.8. The van der Waals surface area contributed by atoms with E-state index in [1.165, 1.54) is 19.1 Å². The number of anilines is 1. The average Bonchev–Trinajstić information content (AvgIpc) is 2.99. The van der Waals surface area contributed by atoms with Gasteiger partial charge in [0.25, 0.3) is 11.8 Å². The highest BCUT2D eigenvalue weighted by molar-refractivity contribution is 6.26. The first-order valence-electron chi connectivity index (χ1n) is 14.4. The van der Waals surface area contributed by atoms with Crippen LogP contribution in [0.25, 0.3) is 10.8 Å². The Balaban J connectivity index is 0.00000301. The molecule has 11 nitrogen and oxygen atoms in total. The lowest BCUT2D eigenvalue weighted by molar-refractivity contribution is -0.145. The van der Waals surface area contributed by atoms with Crippen molar-refractivity contribution in [3.8, 4) is 0 Å². The predicted octanol–water partition coefficient (Wildman–Crippen LogP) is 2.85. The first kappa shape index (κ1) is 34.2. The van der Waals surface area contributed by atoms with Crippen LogP contribution < -0.4 is 21.3 Å². The highest BCUT2D eigenvalue weighted by atomic mass is 16.5. The lowest BCUT2D eigenvalue weighted by Gasteiger charge is -2.29. The Morgan fingerprint density at radius 3 is 2.29 bits per heavy atom. The molecule has 4 amide bonds. The number of unbranched alkanes of at least 4 members (excludes halogenated alkanes) is 2. The number of nitrogens with two attached hydrogens (primary N) is 1. The van der Waals surface area contributed by atoms with Crippen LogP contribution in [0, 0.1) is 5.92 Å². The Hall–Kier alpha value is -3.99.